The Labute approximate surface area is 158 Å². The number of alkyl halides is 3. The second-order valence-corrected chi connectivity index (χ2v) is 7.42. The Morgan fingerprint density at radius 1 is 1.26 bits per heavy atom. The minimum absolute atomic E-state index is 0.0570. The highest BCUT2D eigenvalue weighted by Crippen LogP contribution is 2.32. The smallest absolute Gasteiger partial charge is 0.312 e. The Bertz CT molecular complexity index is 902. The first kappa shape index (κ1) is 19.3. The van der Waals surface area contributed by atoms with E-state index in [2.05, 4.69) is 9.97 Å². The number of hydrogen-bond donors (Lipinski definition) is 0. The van der Waals surface area contributed by atoms with E-state index < -0.39 is 17.1 Å². The van der Waals surface area contributed by atoms with Crippen molar-refractivity contribution in [3.63, 3.8) is 0 Å². The number of aromatic nitrogens is 2. The minimum atomic E-state index is -4.56. The van der Waals surface area contributed by atoms with Crippen molar-refractivity contribution in [3.8, 4) is 0 Å². The summed E-state index contributed by atoms with van der Waals surface area (Å²) in [6.07, 6.45) is -2.87. The first-order chi connectivity index (χ1) is 12.7. The van der Waals surface area contributed by atoms with Crippen molar-refractivity contribution in [1.82, 2.24) is 9.97 Å². The van der Waals surface area contributed by atoms with Crippen LogP contribution in [0.15, 0.2) is 35.6 Å². The molecule has 142 valence electrons. The third-order valence-electron chi connectivity index (χ3n) is 4.21. The molecule has 0 aliphatic carbocycles. The minimum Gasteiger partial charge on any atom is -0.312 e. The van der Waals surface area contributed by atoms with Crippen LogP contribution in [0.2, 0.25) is 0 Å². The van der Waals surface area contributed by atoms with Crippen LogP contribution >= 0.6 is 11.8 Å². The zero-order valence-electron chi connectivity index (χ0n) is 14.6. The first-order valence-corrected chi connectivity index (χ1v) is 9.07. The fourth-order valence-electron chi connectivity index (χ4n) is 2.88. The van der Waals surface area contributed by atoms with Gasteiger partial charge in [-0.25, -0.2) is 9.97 Å². The fourth-order valence-corrected chi connectivity index (χ4v) is 3.72. The van der Waals surface area contributed by atoms with Crippen LogP contribution in [0.4, 0.5) is 18.9 Å². The highest BCUT2D eigenvalue weighted by molar-refractivity contribution is 8.00. The lowest BCUT2D eigenvalue weighted by atomic mass is 10.0. The summed E-state index contributed by atoms with van der Waals surface area (Å²) in [7, 11) is 0. The monoisotopic (exact) mass is 395 g/mol. The number of anilines is 1. The van der Waals surface area contributed by atoms with Gasteiger partial charge in [0.25, 0.3) is 0 Å². The van der Waals surface area contributed by atoms with E-state index in [0.29, 0.717) is 18.5 Å². The van der Waals surface area contributed by atoms with E-state index >= 15 is 0 Å². The molecule has 2 heterocycles. The van der Waals surface area contributed by atoms with Gasteiger partial charge in [-0.3, -0.25) is 9.59 Å². The van der Waals surface area contributed by atoms with Gasteiger partial charge in [0.1, 0.15) is 5.69 Å². The van der Waals surface area contributed by atoms with Gasteiger partial charge in [0.05, 0.1) is 5.25 Å². The van der Waals surface area contributed by atoms with E-state index in [9.17, 15) is 22.8 Å². The molecule has 1 aromatic heterocycles. The average molecular weight is 395 g/mol. The summed E-state index contributed by atoms with van der Waals surface area (Å²) in [4.78, 5) is 33.2. The van der Waals surface area contributed by atoms with Gasteiger partial charge in [0, 0.05) is 30.9 Å². The van der Waals surface area contributed by atoms with Gasteiger partial charge in [0.2, 0.25) is 5.91 Å². The molecule has 1 aliphatic heterocycles. The van der Waals surface area contributed by atoms with Gasteiger partial charge in [-0.2, -0.15) is 13.2 Å². The number of fused-ring (bicyclic) bond motifs is 1. The Kier molecular flexibility index (Phi) is 5.23. The fraction of sp³-hybridized carbons (Fsp3) is 0.333. The van der Waals surface area contributed by atoms with Crippen LogP contribution in [-0.4, -0.2) is 33.5 Å². The number of amides is 1. The SMILES string of the molecule is CC(=O)N1CCc2cc(C(=O)C(C)Sc3nccc(C(F)(F)F)n3)ccc21. The second kappa shape index (κ2) is 7.30. The molecule has 0 radical (unpaired) electrons. The number of carbonyl (C=O) groups excluding carboxylic acids is 2. The maximum absolute atomic E-state index is 12.7. The number of thioether (sulfide) groups is 1. The largest absolute Gasteiger partial charge is 0.433 e. The summed E-state index contributed by atoms with van der Waals surface area (Å²) in [5.41, 5.74) is 1.11. The summed E-state index contributed by atoms with van der Waals surface area (Å²) >= 11 is 0.879. The molecule has 0 fully saturated rings. The first-order valence-electron chi connectivity index (χ1n) is 8.19. The lowest BCUT2D eigenvalue weighted by Gasteiger charge is -2.15. The van der Waals surface area contributed by atoms with Crippen LogP contribution in [0.3, 0.4) is 0 Å². The van der Waals surface area contributed by atoms with Crippen molar-refractivity contribution >= 4 is 29.1 Å². The van der Waals surface area contributed by atoms with Gasteiger partial charge >= 0.3 is 6.18 Å². The topological polar surface area (TPSA) is 63.2 Å². The zero-order valence-corrected chi connectivity index (χ0v) is 15.4. The standard InChI is InChI=1S/C18H16F3N3O2S/c1-10(27-17-22-7-5-15(23-17)18(19,20)21)16(26)13-3-4-14-12(9-13)6-8-24(14)11(2)25/h3-5,7,9-10H,6,8H2,1-2H3. The average Bonchev–Trinajstić information content (AvgIpc) is 3.04. The number of ketones is 1. The van der Waals surface area contributed by atoms with E-state index in [4.69, 9.17) is 0 Å². The summed E-state index contributed by atoms with van der Waals surface area (Å²) in [6, 6.07) is 5.89. The van der Waals surface area contributed by atoms with Crippen LogP contribution in [0.5, 0.6) is 0 Å². The summed E-state index contributed by atoms with van der Waals surface area (Å²) < 4.78 is 38.2. The number of rotatable bonds is 4. The molecule has 1 unspecified atom stereocenters. The molecule has 0 saturated heterocycles. The number of nitrogens with zero attached hydrogens (tertiary/aromatic N) is 3. The number of halogens is 3. The molecule has 5 nitrogen and oxygen atoms in total. The van der Waals surface area contributed by atoms with Gasteiger partial charge in [-0.05, 0) is 43.2 Å². The van der Waals surface area contributed by atoms with Gasteiger partial charge < -0.3 is 4.90 Å². The lowest BCUT2D eigenvalue weighted by Crippen LogP contribution is -2.25. The van der Waals surface area contributed by atoms with Gasteiger partial charge in [-0.15, -0.1) is 0 Å². The number of hydrogen-bond acceptors (Lipinski definition) is 5. The van der Waals surface area contributed by atoms with E-state index in [1.165, 1.54) is 6.92 Å². The van der Waals surface area contributed by atoms with Crippen LogP contribution in [-0.2, 0) is 17.4 Å². The summed E-state index contributed by atoms with van der Waals surface area (Å²) in [5.74, 6) is -0.288. The number of Topliss-reactive ketones (excluding diaryl/α,β-unsaturated/α-hetero) is 1. The summed E-state index contributed by atoms with van der Waals surface area (Å²) in [6.45, 7) is 3.67. The molecule has 0 saturated carbocycles. The normalized spacial score (nSPS) is 14.8. The molecule has 9 heteroatoms. The van der Waals surface area contributed by atoms with Crippen molar-refractivity contribution in [1.29, 1.82) is 0 Å². The third-order valence-corrected chi connectivity index (χ3v) is 5.19. The van der Waals surface area contributed by atoms with Gasteiger partial charge in [-0.1, -0.05) is 11.8 Å². The van der Waals surface area contributed by atoms with Crippen molar-refractivity contribution in [2.75, 3.05) is 11.4 Å². The molecule has 0 N–H and O–H groups in total. The number of benzene rings is 1. The molecule has 1 aliphatic rings. The molecular formula is C18H16F3N3O2S. The van der Waals surface area contributed by atoms with E-state index in [1.54, 1.807) is 30.0 Å². The molecule has 27 heavy (non-hydrogen) atoms. The molecule has 0 spiro atoms. The predicted octanol–water partition coefficient (Wildman–Crippen LogP) is 3.77. The number of carbonyl (C=O) groups is 2. The molecule has 1 aromatic carbocycles. The molecule has 2 aromatic rings. The highest BCUT2D eigenvalue weighted by Gasteiger charge is 2.33. The quantitative estimate of drug-likeness (QED) is 0.448. The molecule has 3 rings (SSSR count). The van der Waals surface area contributed by atoms with E-state index in [0.717, 1.165) is 35.3 Å². The Morgan fingerprint density at radius 2 is 2.00 bits per heavy atom. The Morgan fingerprint density at radius 3 is 2.67 bits per heavy atom. The van der Waals surface area contributed by atoms with E-state index in [-0.39, 0.29) is 16.8 Å². The molecule has 1 atom stereocenters. The third kappa shape index (κ3) is 4.13. The Balaban J connectivity index is 1.76. The van der Waals surface area contributed by atoms with Crippen molar-refractivity contribution < 1.29 is 22.8 Å². The molecule has 0 bridgehead atoms. The lowest BCUT2D eigenvalue weighted by molar-refractivity contribution is -0.141. The highest BCUT2D eigenvalue weighted by atomic mass is 32.2. The predicted molar refractivity (Wildman–Crippen MR) is 94.9 cm³/mol. The van der Waals surface area contributed by atoms with Crippen LogP contribution in [0, 0.1) is 0 Å². The van der Waals surface area contributed by atoms with Gasteiger partial charge in [0.15, 0.2) is 10.9 Å². The van der Waals surface area contributed by atoms with Crippen LogP contribution in [0.1, 0.15) is 35.5 Å². The van der Waals surface area contributed by atoms with E-state index in [1.807, 2.05) is 0 Å². The van der Waals surface area contributed by atoms with Crippen molar-refractivity contribution in [2.24, 2.45) is 0 Å². The molecular weight excluding hydrogens is 379 g/mol. The second-order valence-electron chi connectivity index (χ2n) is 6.11. The Hall–Kier alpha value is -2.42. The maximum Gasteiger partial charge on any atom is 0.433 e. The van der Waals surface area contributed by atoms with Crippen LogP contribution < -0.4 is 4.90 Å². The zero-order chi connectivity index (χ0) is 19.8. The maximum atomic E-state index is 12.7. The van der Waals surface area contributed by atoms with Crippen molar-refractivity contribution in [2.45, 2.75) is 36.9 Å². The summed E-state index contributed by atoms with van der Waals surface area (Å²) in [5, 5.41) is -0.758. The van der Waals surface area contributed by atoms with Crippen LogP contribution in [0.25, 0.3) is 0 Å². The molecule has 1 amide bonds. The van der Waals surface area contributed by atoms with Crippen molar-refractivity contribution in [3.05, 3.63) is 47.3 Å².